The maximum atomic E-state index is 14.0. The first-order valence-electron chi connectivity index (χ1n) is 7.35. The number of hydrogen-bond donors (Lipinski definition) is 2. The second-order valence-corrected chi connectivity index (χ2v) is 5.95. The Balaban J connectivity index is 2.05. The first kappa shape index (κ1) is 17.2. The zero-order valence-electron chi connectivity index (χ0n) is 13.3. The molecular formula is C16H20FN3O2S. The monoisotopic (exact) mass is 337 g/mol. The minimum Gasteiger partial charge on any atom is -0.496 e. The fourth-order valence-corrected chi connectivity index (χ4v) is 3.10. The molecule has 2 atom stereocenters. The van der Waals surface area contributed by atoms with Gasteiger partial charge in [0.15, 0.2) is 0 Å². The lowest BCUT2D eigenvalue weighted by Crippen LogP contribution is -2.39. The van der Waals surface area contributed by atoms with Gasteiger partial charge in [-0.1, -0.05) is 13.0 Å². The quantitative estimate of drug-likeness (QED) is 0.843. The SMILES string of the molecule is CC[C@H](NC(=O)N[C@H](C)c1c(F)cccc1OC)c1nccs1. The largest absolute Gasteiger partial charge is 0.496 e. The highest BCUT2D eigenvalue weighted by molar-refractivity contribution is 7.09. The average molecular weight is 337 g/mol. The molecule has 1 heterocycles. The van der Waals surface area contributed by atoms with Gasteiger partial charge in [-0.15, -0.1) is 11.3 Å². The number of aromatic nitrogens is 1. The van der Waals surface area contributed by atoms with E-state index in [2.05, 4.69) is 15.6 Å². The smallest absolute Gasteiger partial charge is 0.315 e. The fourth-order valence-electron chi connectivity index (χ4n) is 2.33. The standard InChI is InChI=1S/C16H20FN3O2S/c1-4-12(15-18-8-9-23-15)20-16(21)19-10(2)14-11(17)6-5-7-13(14)22-3/h5-10,12H,4H2,1-3H3,(H2,19,20,21)/t10-,12+/m1/s1. The van der Waals surface area contributed by atoms with Crippen LogP contribution in [-0.2, 0) is 0 Å². The molecule has 0 aliphatic rings. The summed E-state index contributed by atoms with van der Waals surface area (Å²) in [6, 6.07) is 3.52. The summed E-state index contributed by atoms with van der Waals surface area (Å²) in [4.78, 5) is 16.4. The number of amides is 2. The molecule has 2 aromatic rings. The summed E-state index contributed by atoms with van der Waals surface area (Å²) in [5.74, 6) is -0.00567. The van der Waals surface area contributed by atoms with Crippen LogP contribution < -0.4 is 15.4 Å². The first-order chi connectivity index (χ1) is 11.1. The van der Waals surface area contributed by atoms with Gasteiger partial charge in [0, 0.05) is 11.6 Å². The Labute approximate surface area is 138 Å². The molecule has 0 saturated carbocycles. The Kier molecular flexibility index (Phi) is 5.92. The summed E-state index contributed by atoms with van der Waals surface area (Å²) >= 11 is 1.49. The van der Waals surface area contributed by atoms with E-state index in [1.54, 1.807) is 25.3 Å². The molecule has 0 bridgehead atoms. The number of urea groups is 1. The summed E-state index contributed by atoms with van der Waals surface area (Å²) in [6.45, 7) is 3.68. The van der Waals surface area contributed by atoms with Gasteiger partial charge >= 0.3 is 6.03 Å². The van der Waals surface area contributed by atoms with Gasteiger partial charge in [0.2, 0.25) is 0 Å². The van der Waals surface area contributed by atoms with Crippen molar-refractivity contribution in [3.8, 4) is 5.75 Å². The molecular weight excluding hydrogens is 317 g/mol. The molecule has 1 aromatic heterocycles. The highest BCUT2D eigenvalue weighted by Crippen LogP contribution is 2.27. The summed E-state index contributed by atoms with van der Waals surface area (Å²) < 4.78 is 19.2. The molecule has 0 saturated heterocycles. The van der Waals surface area contributed by atoms with Gasteiger partial charge in [-0.05, 0) is 25.5 Å². The lowest BCUT2D eigenvalue weighted by Gasteiger charge is -2.20. The highest BCUT2D eigenvalue weighted by Gasteiger charge is 2.20. The summed E-state index contributed by atoms with van der Waals surface area (Å²) in [5.41, 5.74) is 0.326. The van der Waals surface area contributed by atoms with Crippen LogP contribution in [0.2, 0.25) is 0 Å². The van der Waals surface area contributed by atoms with Gasteiger partial charge in [0.25, 0.3) is 0 Å². The van der Waals surface area contributed by atoms with E-state index in [0.717, 1.165) is 11.4 Å². The topological polar surface area (TPSA) is 63.2 Å². The Hall–Kier alpha value is -2.15. The third kappa shape index (κ3) is 4.19. The van der Waals surface area contributed by atoms with E-state index in [-0.39, 0.29) is 12.1 Å². The number of benzene rings is 1. The highest BCUT2D eigenvalue weighted by atomic mass is 32.1. The van der Waals surface area contributed by atoms with E-state index < -0.39 is 11.9 Å². The number of thiazole rings is 1. The Bertz CT molecular complexity index is 649. The molecule has 0 fully saturated rings. The van der Waals surface area contributed by atoms with Crippen molar-refractivity contribution in [2.75, 3.05) is 7.11 Å². The van der Waals surface area contributed by atoms with E-state index in [9.17, 15) is 9.18 Å². The van der Waals surface area contributed by atoms with Crippen LogP contribution in [0.3, 0.4) is 0 Å². The number of carbonyl (C=O) groups excluding carboxylic acids is 1. The predicted molar refractivity (Wildman–Crippen MR) is 88.2 cm³/mol. The first-order valence-corrected chi connectivity index (χ1v) is 8.23. The minimum absolute atomic E-state index is 0.162. The maximum absolute atomic E-state index is 14.0. The van der Waals surface area contributed by atoms with Crippen molar-refractivity contribution in [3.05, 3.63) is 46.2 Å². The Morgan fingerprint density at radius 3 is 2.83 bits per heavy atom. The minimum atomic E-state index is -0.528. The van der Waals surface area contributed by atoms with E-state index >= 15 is 0 Å². The number of nitrogens with zero attached hydrogens (tertiary/aromatic N) is 1. The molecule has 0 radical (unpaired) electrons. The van der Waals surface area contributed by atoms with Crippen LogP contribution in [0.25, 0.3) is 0 Å². The molecule has 0 spiro atoms. The van der Waals surface area contributed by atoms with Crippen LogP contribution in [0.1, 0.15) is 42.9 Å². The van der Waals surface area contributed by atoms with Crippen LogP contribution in [0.4, 0.5) is 9.18 Å². The number of nitrogens with one attached hydrogen (secondary N) is 2. The number of rotatable bonds is 6. The van der Waals surface area contributed by atoms with E-state index in [0.29, 0.717) is 11.3 Å². The molecule has 7 heteroatoms. The molecule has 124 valence electrons. The molecule has 0 aliphatic carbocycles. The molecule has 1 aromatic carbocycles. The fraction of sp³-hybridized carbons (Fsp3) is 0.375. The van der Waals surface area contributed by atoms with Gasteiger partial charge in [-0.25, -0.2) is 14.2 Å². The number of ether oxygens (including phenoxy) is 1. The molecule has 0 aliphatic heterocycles. The van der Waals surface area contributed by atoms with Gasteiger partial charge < -0.3 is 15.4 Å². The van der Waals surface area contributed by atoms with Gasteiger partial charge in [-0.2, -0.15) is 0 Å². The van der Waals surface area contributed by atoms with Gasteiger partial charge in [0.05, 0.1) is 24.8 Å². The number of methoxy groups -OCH3 is 1. The van der Waals surface area contributed by atoms with Crippen LogP contribution in [-0.4, -0.2) is 18.1 Å². The van der Waals surface area contributed by atoms with Crippen molar-refractivity contribution in [1.29, 1.82) is 0 Å². The molecule has 23 heavy (non-hydrogen) atoms. The molecule has 5 nitrogen and oxygen atoms in total. The average Bonchev–Trinajstić information content (AvgIpc) is 3.06. The van der Waals surface area contributed by atoms with Crippen molar-refractivity contribution < 1.29 is 13.9 Å². The molecule has 2 N–H and O–H groups in total. The van der Waals surface area contributed by atoms with Crippen LogP contribution >= 0.6 is 11.3 Å². The van der Waals surface area contributed by atoms with Crippen LogP contribution in [0.5, 0.6) is 5.75 Å². The lowest BCUT2D eigenvalue weighted by molar-refractivity contribution is 0.233. The van der Waals surface area contributed by atoms with Crippen molar-refractivity contribution in [3.63, 3.8) is 0 Å². The zero-order valence-corrected chi connectivity index (χ0v) is 14.1. The summed E-state index contributed by atoms with van der Waals surface area (Å²) in [5, 5.41) is 8.32. The molecule has 0 unspecified atom stereocenters. The summed E-state index contributed by atoms with van der Waals surface area (Å²) in [6.07, 6.45) is 2.42. The zero-order chi connectivity index (χ0) is 16.8. The van der Waals surface area contributed by atoms with Crippen molar-refractivity contribution >= 4 is 17.4 Å². The van der Waals surface area contributed by atoms with Gasteiger partial charge in [0.1, 0.15) is 16.6 Å². The third-order valence-electron chi connectivity index (χ3n) is 3.48. The lowest BCUT2D eigenvalue weighted by atomic mass is 10.1. The number of halogens is 1. The summed E-state index contributed by atoms with van der Waals surface area (Å²) in [7, 11) is 1.47. The van der Waals surface area contributed by atoms with Crippen molar-refractivity contribution in [2.45, 2.75) is 32.4 Å². The van der Waals surface area contributed by atoms with Crippen molar-refractivity contribution in [1.82, 2.24) is 15.6 Å². The second-order valence-electron chi connectivity index (χ2n) is 5.03. The molecule has 2 rings (SSSR count). The van der Waals surface area contributed by atoms with Crippen LogP contribution in [0, 0.1) is 5.82 Å². The van der Waals surface area contributed by atoms with Crippen LogP contribution in [0.15, 0.2) is 29.8 Å². The third-order valence-corrected chi connectivity index (χ3v) is 4.37. The van der Waals surface area contributed by atoms with Gasteiger partial charge in [-0.3, -0.25) is 0 Å². The maximum Gasteiger partial charge on any atom is 0.315 e. The molecule has 2 amide bonds. The second kappa shape index (κ2) is 7.92. The van der Waals surface area contributed by atoms with Crippen molar-refractivity contribution in [2.24, 2.45) is 0 Å². The predicted octanol–water partition coefficient (Wildman–Crippen LogP) is 3.80. The number of carbonyl (C=O) groups is 1. The van der Waals surface area contributed by atoms with E-state index in [4.69, 9.17) is 4.74 Å². The Morgan fingerprint density at radius 2 is 2.22 bits per heavy atom. The van der Waals surface area contributed by atoms with E-state index in [1.807, 2.05) is 12.3 Å². The normalized spacial score (nSPS) is 13.2. The van der Waals surface area contributed by atoms with E-state index in [1.165, 1.54) is 24.5 Å². The Morgan fingerprint density at radius 1 is 1.43 bits per heavy atom. The number of hydrogen-bond acceptors (Lipinski definition) is 4.